The van der Waals surface area contributed by atoms with Crippen LogP contribution in [0, 0.1) is 0 Å². The van der Waals surface area contributed by atoms with E-state index >= 15 is 0 Å². The second kappa shape index (κ2) is 7.94. The number of ether oxygens (including phenoxy) is 1. The Balaban J connectivity index is 1.84. The quantitative estimate of drug-likeness (QED) is 0.562. The van der Waals surface area contributed by atoms with Gasteiger partial charge in [-0.2, -0.15) is 0 Å². The fourth-order valence-electron chi connectivity index (χ4n) is 3.29. The zero-order valence-electron chi connectivity index (χ0n) is 14.1. The van der Waals surface area contributed by atoms with Crippen LogP contribution in [0.15, 0.2) is 23.2 Å². The van der Waals surface area contributed by atoms with Crippen LogP contribution >= 0.6 is 11.3 Å². The van der Waals surface area contributed by atoms with Crippen molar-refractivity contribution in [2.45, 2.75) is 32.6 Å². The van der Waals surface area contributed by atoms with Gasteiger partial charge in [0.25, 0.3) is 11.8 Å². The maximum Gasteiger partial charge on any atom is 0.277 e. The number of hydrogen-bond donors (Lipinski definition) is 0. The minimum atomic E-state index is -0.153. The molecule has 3 rings (SSSR count). The van der Waals surface area contributed by atoms with Gasteiger partial charge >= 0.3 is 0 Å². The highest BCUT2D eigenvalue weighted by Gasteiger charge is 2.41. The van der Waals surface area contributed by atoms with Gasteiger partial charge in [0.1, 0.15) is 5.70 Å². The first-order valence-corrected chi connectivity index (χ1v) is 9.59. The molecule has 0 N–H and O–H groups in total. The maximum atomic E-state index is 13.0. The van der Waals surface area contributed by atoms with E-state index in [2.05, 4.69) is 4.90 Å². The van der Waals surface area contributed by atoms with Crippen molar-refractivity contribution in [2.75, 3.05) is 32.8 Å². The summed E-state index contributed by atoms with van der Waals surface area (Å²) in [5.74, 6) is -0.290. The highest BCUT2D eigenvalue weighted by atomic mass is 32.1. The van der Waals surface area contributed by atoms with E-state index in [1.165, 1.54) is 22.7 Å². The molecule has 1 aromatic rings. The first-order chi connectivity index (χ1) is 11.7. The normalized spacial score (nSPS) is 18.9. The standard InChI is InChI=1S/C18H24N2O3S/c1-2-23-12-7-11-20-17(21)15(14-8-6-13-24-14)16(18(20)22)19-9-4-3-5-10-19/h6,8,13H,2-5,7,9-12H2,1H3. The zero-order chi connectivity index (χ0) is 16.9. The number of hydrogen-bond acceptors (Lipinski definition) is 5. The van der Waals surface area contributed by atoms with Gasteiger partial charge in [0, 0.05) is 37.7 Å². The van der Waals surface area contributed by atoms with E-state index in [9.17, 15) is 9.59 Å². The third-order valence-corrected chi connectivity index (χ3v) is 5.35. The lowest BCUT2D eigenvalue weighted by Gasteiger charge is -2.29. The van der Waals surface area contributed by atoms with Crippen LogP contribution in [0.3, 0.4) is 0 Å². The molecule has 0 unspecified atom stereocenters. The molecule has 0 atom stereocenters. The monoisotopic (exact) mass is 348 g/mol. The highest BCUT2D eigenvalue weighted by molar-refractivity contribution is 7.11. The van der Waals surface area contributed by atoms with E-state index in [0.717, 1.165) is 30.8 Å². The molecule has 0 radical (unpaired) electrons. The number of thiophene rings is 1. The van der Waals surface area contributed by atoms with Crippen molar-refractivity contribution < 1.29 is 14.3 Å². The molecule has 2 aliphatic rings. The third kappa shape index (κ3) is 3.39. The molecule has 2 aliphatic heterocycles. The van der Waals surface area contributed by atoms with Crippen LogP contribution in [-0.4, -0.2) is 54.5 Å². The second-order valence-electron chi connectivity index (χ2n) is 6.06. The van der Waals surface area contributed by atoms with Gasteiger partial charge in [-0.1, -0.05) is 6.07 Å². The van der Waals surface area contributed by atoms with Gasteiger partial charge in [-0.25, -0.2) is 0 Å². The Morgan fingerprint density at radius 2 is 1.96 bits per heavy atom. The summed E-state index contributed by atoms with van der Waals surface area (Å²) >= 11 is 1.52. The molecular formula is C18H24N2O3S. The lowest BCUT2D eigenvalue weighted by Crippen LogP contribution is -2.37. The zero-order valence-corrected chi connectivity index (χ0v) is 14.9. The molecule has 0 aliphatic carbocycles. The Hall–Kier alpha value is -1.66. The van der Waals surface area contributed by atoms with E-state index in [1.54, 1.807) is 0 Å². The summed E-state index contributed by atoms with van der Waals surface area (Å²) in [6.45, 7) is 5.30. The van der Waals surface area contributed by atoms with Crippen LogP contribution in [0.1, 0.15) is 37.5 Å². The summed E-state index contributed by atoms with van der Waals surface area (Å²) in [4.78, 5) is 30.3. The molecule has 1 saturated heterocycles. The van der Waals surface area contributed by atoms with Gasteiger partial charge in [-0.15, -0.1) is 11.3 Å². The Labute approximate surface area is 146 Å². The van der Waals surface area contributed by atoms with Crippen molar-refractivity contribution in [2.24, 2.45) is 0 Å². The molecule has 130 valence electrons. The topological polar surface area (TPSA) is 49.9 Å². The summed E-state index contributed by atoms with van der Waals surface area (Å²) in [5.41, 5.74) is 1.20. The summed E-state index contributed by atoms with van der Waals surface area (Å²) in [6, 6.07) is 3.86. The molecule has 0 saturated carbocycles. The Morgan fingerprint density at radius 3 is 2.62 bits per heavy atom. The third-order valence-electron chi connectivity index (χ3n) is 4.46. The van der Waals surface area contributed by atoms with Crippen LogP contribution < -0.4 is 0 Å². The Bertz CT molecular complexity index is 618. The van der Waals surface area contributed by atoms with Gasteiger partial charge in [-0.05, 0) is 44.1 Å². The SMILES string of the molecule is CCOCCCN1C(=O)C(c2cccs2)=C(N2CCCCC2)C1=O. The number of likely N-dealkylation sites (tertiary alicyclic amines) is 1. The number of carbonyl (C=O) groups is 2. The molecule has 5 nitrogen and oxygen atoms in total. The first kappa shape index (κ1) is 17.2. The number of rotatable bonds is 7. The van der Waals surface area contributed by atoms with Gasteiger partial charge in [-0.3, -0.25) is 14.5 Å². The fraction of sp³-hybridized carbons (Fsp3) is 0.556. The van der Waals surface area contributed by atoms with E-state index in [0.29, 0.717) is 37.4 Å². The molecule has 2 amide bonds. The van der Waals surface area contributed by atoms with Crippen LogP contribution in [0.2, 0.25) is 0 Å². The summed E-state index contributed by atoms with van der Waals surface area (Å²) in [6.07, 6.45) is 4.02. The molecule has 0 spiro atoms. The van der Waals surface area contributed by atoms with Crippen molar-refractivity contribution in [1.29, 1.82) is 0 Å². The summed E-state index contributed by atoms with van der Waals surface area (Å²) in [7, 11) is 0. The molecule has 0 aromatic carbocycles. The predicted octanol–water partition coefficient (Wildman–Crippen LogP) is 2.74. The Kier molecular flexibility index (Phi) is 5.68. The maximum absolute atomic E-state index is 13.0. The largest absolute Gasteiger partial charge is 0.382 e. The van der Waals surface area contributed by atoms with E-state index in [-0.39, 0.29) is 11.8 Å². The van der Waals surface area contributed by atoms with Crippen molar-refractivity contribution in [1.82, 2.24) is 9.80 Å². The van der Waals surface area contributed by atoms with Crippen LogP contribution in [-0.2, 0) is 14.3 Å². The first-order valence-electron chi connectivity index (χ1n) is 8.71. The van der Waals surface area contributed by atoms with Crippen molar-refractivity contribution in [3.63, 3.8) is 0 Å². The van der Waals surface area contributed by atoms with Gasteiger partial charge < -0.3 is 9.64 Å². The smallest absolute Gasteiger partial charge is 0.277 e. The van der Waals surface area contributed by atoms with Gasteiger partial charge in [0.05, 0.1) is 5.57 Å². The molecule has 6 heteroatoms. The van der Waals surface area contributed by atoms with Crippen molar-refractivity contribution in [3.8, 4) is 0 Å². The molecule has 1 aromatic heterocycles. The lowest BCUT2D eigenvalue weighted by molar-refractivity contribution is -0.137. The van der Waals surface area contributed by atoms with Crippen LogP contribution in [0.25, 0.3) is 5.57 Å². The average Bonchev–Trinajstić information content (AvgIpc) is 3.20. The summed E-state index contributed by atoms with van der Waals surface area (Å²) < 4.78 is 5.33. The molecule has 3 heterocycles. The number of piperidine rings is 1. The number of amides is 2. The molecule has 24 heavy (non-hydrogen) atoms. The minimum Gasteiger partial charge on any atom is -0.382 e. The number of carbonyl (C=O) groups excluding carboxylic acids is 2. The fourth-order valence-corrected chi connectivity index (χ4v) is 4.05. The lowest BCUT2D eigenvalue weighted by atomic mass is 10.1. The minimum absolute atomic E-state index is 0.137. The van der Waals surface area contributed by atoms with E-state index < -0.39 is 0 Å². The summed E-state index contributed by atoms with van der Waals surface area (Å²) in [5, 5.41) is 1.95. The molecular weight excluding hydrogens is 324 g/mol. The van der Waals surface area contributed by atoms with Crippen molar-refractivity contribution in [3.05, 3.63) is 28.1 Å². The van der Waals surface area contributed by atoms with E-state index in [1.807, 2.05) is 24.4 Å². The van der Waals surface area contributed by atoms with E-state index in [4.69, 9.17) is 4.74 Å². The van der Waals surface area contributed by atoms with Crippen LogP contribution in [0.5, 0.6) is 0 Å². The Morgan fingerprint density at radius 1 is 1.17 bits per heavy atom. The average molecular weight is 348 g/mol. The van der Waals surface area contributed by atoms with Gasteiger partial charge in [0.2, 0.25) is 0 Å². The van der Waals surface area contributed by atoms with Crippen LogP contribution in [0.4, 0.5) is 0 Å². The highest BCUT2D eigenvalue weighted by Crippen LogP contribution is 2.35. The number of nitrogens with zero attached hydrogens (tertiary/aromatic N) is 2. The van der Waals surface area contributed by atoms with Crippen molar-refractivity contribution >= 4 is 28.7 Å². The second-order valence-corrected chi connectivity index (χ2v) is 7.01. The number of imide groups is 1. The van der Waals surface area contributed by atoms with Gasteiger partial charge in [0.15, 0.2) is 0 Å². The molecule has 1 fully saturated rings. The predicted molar refractivity (Wildman–Crippen MR) is 94.5 cm³/mol. The molecule has 0 bridgehead atoms.